The van der Waals surface area contributed by atoms with Crippen molar-refractivity contribution in [3.8, 4) is 0 Å². The number of aryl methyl sites for hydroxylation is 3. The first-order valence-corrected chi connectivity index (χ1v) is 10.6. The lowest BCUT2D eigenvalue weighted by Crippen LogP contribution is -2.48. The number of carbonyl (C=O) groups is 1. The molecular formula is C20H27N3O2S. The van der Waals surface area contributed by atoms with E-state index in [4.69, 9.17) is 4.52 Å². The summed E-state index contributed by atoms with van der Waals surface area (Å²) in [6.45, 7) is 6.06. The highest BCUT2D eigenvalue weighted by molar-refractivity contribution is 7.14. The second kappa shape index (κ2) is 7.92. The van der Waals surface area contributed by atoms with Crippen LogP contribution in [0.25, 0.3) is 0 Å². The molecule has 1 aliphatic carbocycles. The summed E-state index contributed by atoms with van der Waals surface area (Å²) in [5.41, 5.74) is 2.35. The third-order valence-electron chi connectivity index (χ3n) is 5.42. The highest BCUT2D eigenvalue weighted by Gasteiger charge is 2.25. The van der Waals surface area contributed by atoms with Crippen molar-refractivity contribution in [3.63, 3.8) is 0 Å². The molecule has 0 saturated carbocycles. The standard InChI is InChI=1S/C20H27N3O2S/c1-15-12-17(25-21-15)14-22-8-10-23(11-9-22)20(24)19-13-16-6-4-2-3-5-7-18(16)26-19/h12-13H,2-11,14H2,1H3. The van der Waals surface area contributed by atoms with E-state index >= 15 is 0 Å². The number of nitrogens with zero attached hydrogens (tertiary/aromatic N) is 3. The number of aromatic nitrogens is 1. The fourth-order valence-corrected chi connectivity index (χ4v) is 5.15. The second-order valence-electron chi connectivity index (χ2n) is 7.48. The molecule has 0 bridgehead atoms. The molecule has 2 aromatic rings. The zero-order valence-electron chi connectivity index (χ0n) is 15.5. The van der Waals surface area contributed by atoms with Gasteiger partial charge in [0.1, 0.15) is 0 Å². The van der Waals surface area contributed by atoms with Crippen molar-refractivity contribution in [1.82, 2.24) is 15.0 Å². The van der Waals surface area contributed by atoms with Crippen LogP contribution in [0.15, 0.2) is 16.7 Å². The van der Waals surface area contributed by atoms with Crippen LogP contribution in [-0.2, 0) is 19.4 Å². The molecule has 26 heavy (non-hydrogen) atoms. The van der Waals surface area contributed by atoms with E-state index < -0.39 is 0 Å². The molecule has 0 N–H and O–H groups in total. The van der Waals surface area contributed by atoms with Crippen LogP contribution in [0.1, 0.15) is 57.2 Å². The molecule has 0 unspecified atom stereocenters. The van der Waals surface area contributed by atoms with Crippen LogP contribution >= 0.6 is 11.3 Å². The topological polar surface area (TPSA) is 49.6 Å². The van der Waals surface area contributed by atoms with E-state index in [9.17, 15) is 4.79 Å². The highest BCUT2D eigenvalue weighted by atomic mass is 32.1. The van der Waals surface area contributed by atoms with Crippen LogP contribution in [0.4, 0.5) is 0 Å². The van der Waals surface area contributed by atoms with Gasteiger partial charge in [-0.05, 0) is 44.2 Å². The van der Waals surface area contributed by atoms with E-state index in [2.05, 4.69) is 16.1 Å². The molecule has 2 aromatic heterocycles. The quantitative estimate of drug-likeness (QED) is 0.824. The molecule has 140 valence electrons. The van der Waals surface area contributed by atoms with E-state index in [1.165, 1.54) is 36.1 Å². The number of hydrogen-bond donors (Lipinski definition) is 0. The summed E-state index contributed by atoms with van der Waals surface area (Å²) in [7, 11) is 0. The van der Waals surface area contributed by atoms with Crippen LogP contribution in [0.3, 0.4) is 0 Å². The number of fused-ring (bicyclic) bond motifs is 1. The van der Waals surface area contributed by atoms with Crippen LogP contribution in [0.5, 0.6) is 0 Å². The molecule has 1 aliphatic heterocycles. The van der Waals surface area contributed by atoms with Crippen molar-refractivity contribution in [2.45, 2.75) is 52.0 Å². The van der Waals surface area contributed by atoms with Crippen molar-refractivity contribution >= 4 is 17.2 Å². The monoisotopic (exact) mass is 373 g/mol. The van der Waals surface area contributed by atoms with Gasteiger partial charge < -0.3 is 9.42 Å². The third-order valence-corrected chi connectivity index (χ3v) is 6.65. The minimum atomic E-state index is 0.219. The molecule has 0 radical (unpaired) electrons. The SMILES string of the molecule is Cc1cc(CN2CCN(C(=O)c3cc4c(s3)CCCCCC4)CC2)on1. The Morgan fingerprint density at radius 1 is 1.12 bits per heavy atom. The van der Waals surface area contributed by atoms with Crippen molar-refractivity contribution in [2.24, 2.45) is 0 Å². The van der Waals surface area contributed by atoms with E-state index in [0.29, 0.717) is 0 Å². The van der Waals surface area contributed by atoms with Gasteiger partial charge >= 0.3 is 0 Å². The predicted octanol–water partition coefficient (Wildman–Crippen LogP) is 3.66. The van der Waals surface area contributed by atoms with Crippen LogP contribution < -0.4 is 0 Å². The highest BCUT2D eigenvalue weighted by Crippen LogP contribution is 2.29. The summed E-state index contributed by atoms with van der Waals surface area (Å²) in [6, 6.07) is 4.16. The lowest BCUT2D eigenvalue weighted by Gasteiger charge is -2.33. The number of carbonyl (C=O) groups excluding carboxylic acids is 1. The minimum Gasteiger partial charge on any atom is -0.360 e. The molecule has 6 heteroatoms. The first kappa shape index (κ1) is 17.7. The average Bonchev–Trinajstić information content (AvgIpc) is 3.21. The summed E-state index contributed by atoms with van der Waals surface area (Å²) in [5, 5.41) is 3.95. The largest absolute Gasteiger partial charge is 0.360 e. The zero-order valence-corrected chi connectivity index (χ0v) is 16.3. The van der Waals surface area contributed by atoms with Gasteiger partial charge in [0.15, 0.2) is 5.76 Å². The average molecular weight is 374 g/mol. The molecule has 2 aliphatic rings. The van der Waals surface area contributed by atoms with E-state index in [1.54, 1.807) is 11.3 Å². The number of amides is 1. The molecule has 1 amide bonds. The smallest absolute Gasteiger partial charge is 0.264 e. The zero-order chi connectivity index (χ0) is 17.9. The molecule has 1 saturated heterocycles. The lowest BCUT2D eigenvalue weighted by molar-refractivity contribution is 0.0622. The van der Waals surface area contributed by atoms with Crippen LogP contribution in [0.2, 0.25) is 0 Å². The summed E-state index contributed by atoms with van der Waals surface area (Å²) in [6.07, 6.45) is 7.47. The first-order valence-electron chi connectivity index (χ1n) is 9.74. The number of thiophene rings is 1. The fraction of sp³-hybridized carbons (Fsp3) is 0.600. The van der Waals surface area contributed by atoms with Crippen LogP contribution in [-0.4, -0.2) is 47.0 Å². The van der Waals surface area contributed by atoms with Crippen molar-refractivity contribution in [2.75, 3.05) is 26.2 Å². The van der Waals surface area contributed by atoms with Gasteiger partial charge in [-0.15, -0.1) is 11.3 Å². The summed E-state index contributed by atoms with van der Waals surface area (Å²) < 4.78 is 5.31. The Balaban J connectivity index is 1.35. The number of piperazine rings is 1. The van der Waals surface area contributed by atoms with Gasteiger partial charge in [-0.2, -0.15) is 0 Å². The van der Waals surface area contributed by atoms with Gasteiger partial charge in [-0.3, -0.25) is 9.69 Å². The molecule has 1 fully saturated rings. The fourth-order valence-electron chi connectivity index (χ4n) is 3.93. The van der Waals surface area contributed by atoms with Gasteiger partial charge in [0, 0.05) is 37.1 Å². The van der Waals surface area contributed by atoms with Gasteiger partial charge in [-0.1, -0.05) is 18.0 Å². The normalized spacial score (nSPS) is 19.0. The van der Waals surface area contributed by atoms with Gasteiger partial charge in [0.2, 0.25) is 0 Å². The minimum absolute atomic E-state index is 0.219. The third kappa shape index (κ3) is 4.01. The molecule has 5 nitrogen and oxygen atoms in total. The van der Waals surface area contributed by atoms with Crippen molar-refractivity contribution < 1.29 is 9.32 Å². The van der Waals surface area contributed by atoms with E-state index in [-0.39, 0.29) is 5.91 Å². The summed E-state index contributed by atoms with van der Waals surface area (Å²) >= 11 is 1.74. The van der Waals surface area contributed by atoms with E-state index in [1.807, 2.05) is 17.9 Å². The maximum atomic E-state index is 12.9. The lowest BCUT2D eigenvalue weighted by atomic mass is 10.00. The Morgan fingerprint density at radius 3 is 2.62 bits per heavy atom. The first-order chi connectivity index (χ1) is 12.7. The summed E-state index contributed by atoms with van der Waals surface area (Å²) in [4.78, 5) is 19.7. The second-order valence-corrected chi connectivity index (χ2v) is 8.61. The Bertz CT molecular complexity index is 733. The van der Waals surface area contributed by atoms with Gasteiger partial charge in [-0.25, -0.2) is 0 Å². The van der Waals surface area contributed by atoms with Gasteiger partial charge in [0.05, 0.1) is 17.1 Å². The Kier molecular flexibility index (Phi) is 5.41. The summed E-state index contributed by atoms with van der Waals surface area (Å²) in [5.74, 6) is 1.12. The maximum absolute atomic E-state index is 12.9. The predicted molar refractivity (Wildman–Crippen MR) is 103 cm³/mol. The molecule has 0 aromatic carbocycles. The molecular weight excluding hydrogens is 346 g/mol. The van der Waals surface area contributed by atoms with E-state index in [0.717, 1.165) is 61.9 Å². The Labute approximate surface area is 159 Å². The maximum Gasteiger partial charge on any atom is 0.264 e. The van der Waals surface area contributed by atoms with Gasteiger partial charge in [0.25, 0.3) is 5.91 Å². The Morgan fingerprint density at radius 2 is 1.88 bits per heavy atom. The Hall–Kier alpha value is -1.66. The molecule has 4 rings (SSSR count). The number of hydrogen-bond acceptors (Lipinski definition) is 5. The molecule has 0 spiro atoms. The molecule has 3 heterocycles. The number of rotatable bonds is 3. The van der Waals surface area contributed by atoms with Crippen molar-refractivity contribution in [1.29, 1.82) is 0 Å². The van der Waals surface area contributed by atoms with Crippen LogP contribution in [0, 0.1) is 6.92 Å². The van der Waals surface area contributed by atoms with Crippen molar-refractivity contribution in [3.05, 3.63) is 38.9 Å². The molecule has 0 atom stereocenters.